The number of phenolic OH excluding ortho intramolecular Hbond substituents is 1. The van der Waals surface area contributed by atoms with Crippen molar-refractivity contribution >= 4 is 11.9 Å². The molecule has 0 heterocycles. The van der Waals surface area contributed by atoms with Gasteiger partial charge in [-0.05, 0) is 36.8 Å². The Bertz CT molecular complexity index is 693. The zero-order valence-corrected chi connectivity index (χ0v) is 10.9. The van der Waals surface area contributed by atoms with E-state index in [2.05, 4.69) is 4.99 Å². The van der Waals surface area contributed by atoms with Crippen molar-refractivity contribution in [3.8, 4) is 5.75 Å². The lowest BCUT2D eigenvalue weighted by atomic mass is 10.1. The maximum Gasteiger partial charge on any atom is 0.416 e. The molecule has 0 fully saturated rings. The second kappa shape index (κ2) is 5.55. The number of hydrogen-bond acceptors (Lipinski definition) is 2. The molecule has 6 heteroatoms. The van der Waals surface area contributed by atoms with Gasteiger partial charge >= 0.3 is 6.18 Å². The minimum Gasteiger partial charge on any atom is -0.507 e. The van der Waals surface area contributed by atoms with E-state index >= 15 is 0 Å². The molecule has 21 heavy (non-hydrogen) atoms. The van der Waals surface area contributed by atoms with Crippen LogP contribution in [-0.4, -0.2) is 11.3 Å². The third kappa shape index (κ3) is 3.39. The molecule has 0 radical (unpaired) electrons. The highest BCUT2D eigenvalue weighted by atomic mass is 19.4. The zero-order valence-electron chi connectivity index (χ0n) is 10.9. The number of alkyl halides is 3. The summed E-state index contributed by atoms with van der Waals surface area (Å²) in [6.07, 6.45) is -3.40. The number of hydrogen-bond donors (Lipinski definition) is 1. The number of aryl methyl sites for hydroxylation is 1. The van der Waals surface area contributed by atoms with Crippen molar-refractivity contribution in [2.45, 2.75) is 13.1 Å². The highest BCUT2D eigenvalue weighted by Crippen LogP contribution is 2.32. The van der Waals surface area contributed by atoms with E-state index in [0.29, 0.717) is 17.2 Å². The van der Waals surface area contributed by atoms with Crippen LogP contribution in [0.4, 0.5) is 23.2 Å². The van der Waals surface area contributed by atoms with E-state index in [4.69, 9.17) is 0 Å². The van der Waals surface area contributed by atoms with Crippen LogP contribution >= 0.6 is 0 Å². The van der Waals surface area contributed by atoms with Crippen LogP contribution in [0.15, 0.2) is 41.4 Å². The number of benzene rings is 2. The lowest BCUT2D eigenvalue weighted by Gasteiger charge is -2.07. The van der Waals surface area contributed by atoms with E-state index in [-0.39, 0.29) is 11.4 Å². The second-order valence-corrected chi connectivity index (χ2v) is 4.43. The smallest absolute Gasteiger partial charge is 0.416 e. The van der Waals surface area contributed by atoms with Gasteiger partial charge in [-0.25, -0.2) is 4.39 Å². The molecule has 1 N–H and O–H groups in total. The molecule has 0 amide bonds. The molecular weight excluding hydrogens is 286 g/mol. The fourth-order valence-corrected chi connectivity index (χ4v) is 1.71. The van der Waals surface area contributed by atoms with Crippen LogP contribution in [-0.2, 0) is 6.18 Å². The van der Waals surface area contributed by atoms with Crippen LogP contribution in [0.25, 0.3) is 0 Å². The molecule has 0 aliphatic rings. The Kier molecular flexibility index (Phi) is 3.97. The molecule has 0 atom stereocenters. The van der Waals surface area contributed by atoms with Gasteiger partial charge in [0, 0.05) is 11.8 Å². The molecule has 0 aromatic heterocycles. The highest BCUT2D eigenvalue weighted by molar-refractivity contribution is 5.85. The van der Waals surface area contributed by atoms with Crippen LogP contribution < -0.4 is 0 Å². The molecule has 0 spiro atoms. The van der Waals surface area contributed by atoms with E-state index in [9.17, 15) is 22.7 Å². The topological polar surface area (TPSA) is 32.6 Å². The summed E-state index contributed by atoms with van der Waals surface area (Å²) >= 11 is 0. The van der Waals surface area contributed by atoms with Crippen LogP contribution in [0.3, 0.4) is 0 Å². The van der Waals surface area contributed by atoms with Crippen molar-refractivity contribution in [3.05, 3.63) is 58.9 Å². The minimum atomic E-state index is -4.60. The SMILES string of the molecule is Cc1cccc(C=Nc2ccc(C(F)(F)F)cc2F)c1O. The van der Waals surface area contributed by atoms with Gasteiger partial charge in [0.05, 0.1) is 11.3 Å². The molecule has 0 bridgehead atoms. The van der Waals surface area contributed by atoms with E-state index in [0.717, 1.165) is 12.1 Å². The minimum absolute atomic E-state index is 0.00595. The van der Waals surface area contributed by atoms with Crippen LogP contribution in [0.1, 0.15) is 16.7 Å². The molecule has 2 aromatic carbocycles. The van der Waals surface area contributed by atoms with Gasteiger partial charge in [-0.1, -0.05) is 12.1 Å². The van der Waals surface area contributed by atoms with Crippen molar-refractivity contribution in [1.82, 2.24) is 0 Å². The summed E-state index contributed by atoms with van der Waals surface area (Å²) < 4.78 is 50.8. The molecule has 2 aromatic rings. The molecule has 0 saturated carbocycles. The number of nitrogens with zero attached hydrogens (tertiary/aromatic N) is 1. The quantitative estimate of drug-likeness (QED) is 0.637. The maximum absolute atomic E-state index is 13.6. The first-order valence-corrected chi connectivity index (χ1v) is 5.98. The Morgan fingerprint density at radius 3 is 2.48 bits per heavy atom. The third-order valence-corrected chi connectivity index (χ3v) is 2.89. The number of aromatic hydroxyl groups is 1. The Labute approximate surface area is 118 Å². The summed E-state index contributed by atoms with van der Waals surface area (Å²) in [6, 6.07) is 7.02. The van der Waals surface area contributed by atoms with Crippen molar-refractivity contribution < 1.29 is 22.7 Å². The predicted octanol–water partition coefficient (Wildman–Crippen LogP) is 4.61. The molecule has 110 valence electrons. The van der Waals surface area contributed by atoms with Crippen molar-refractivity contribution in [1.29, 1.82) is 0 Å². The first-order valence-electron chi connectivity index (χ1n) is 5.98. The Balaban J connectivity index is 2.32. The number of rotatable bonds is 2. The van der Waals surface area contributed by atoms with E-state index in [1.807, 2.05) is 0 Å². The second-order valence-electron chi connectivity index (χ2n) is 4.43. The molecule has 0 aliphatic carbocycles. The van der Waals surface area contributed by atoms with E-state index in [1.165, 1.54) is 6.21 Å². The molecule has 0 aliphatic heterocycles. The van der Waals surface area contributed by atoms with Gasteiger partial charge in [0.25, 0.3) is 0 Å². The Morgan fingerprint density at radius 2 is 1.86 bits per heavy atom. The van der Waals surface area contributed by atoms with Gasteiger partial charge < -0.3 is 5.11 Å². The average molecular weight is 297 g/mol. The fourth-order valence-electron chi connectivity index (χ4n) is 1.71. The maximum atomic E-state index is 13.6. The lowest BCUT2D eigenvalue weighted by Crippen LogP contribution is -2.04. The number of para-hydroxylation sites is 1. The Morgan fingerprint density at radius 1 is 1.14 bits per heavy atom. The summed E-state index contributed by atoms with van der Waals surface area (Å²) in [5, 5.41) is 9.76. The monoisotopic (exact) mass is 297 g/mol. The molecule has 0 unspecified atom stereocenters. The average Bonchev–Trinajstić information content (AvgIpc) is 2.40. The summed E-state index contributed by atoms with van der Waals surface area (Å²) in [5.74, 6) is -1.08. The molecular formula is C15H11F4NO. The van der Waals surface area contributed by atoms with Gasteiger partial charge in [-0.3, -0.25) is 4.99 Å². The molecule has 0 saturated heterocycles. The van der Waals surface area contributed by atoms with Crippen LogP contribution in [0, 0.1) is 12.7 Å². The van der Waals surface area contributed by atoms with E-state index < -0.39 is 17.6 Å². The first-order chi connectivity index (χ1) is 9.79. The molecule has 2 rings (SSSR count). The zero-order chi connectivity index (χ0) is 15.6. The van der Waals surface area contributed by atoms with Crippen molar-refractivity contribution in [2.75, 3.05) is 0 Å². The van der Waals surface area contributed by atoms with Gasteiger partial charge in [0.1, 0.15) is 11.6 Å². The summed E-state index contributed by atoms with van der Waals surface area (Å²) in [4.78, 5) is 3.77. The predicted molar refractivity (Wildman–Crippen MR) is 71.5 cm³/mol. The lowest BCUT2D eigenvalue weighted by molar-refractivity contribution is -0.137. The largest absolute Gasteiger partial charge is 0.507 e. The third-order valence-electron chi connectivity index (χ3n) is 2.89. The fraction of sp³-hybridized carbons (Fsp3) is 0.133. The van der Waals surface area contributed by atoms with Crippen LogP contribution in [0.5, 0.6) is 5.75 Å². The highest BCUT2D eigenvalue weighted by Gasteiger charge is 2.31. The standard InChI is InChI=1S/C15H11F4NO/c1-9-3-2-4-10(14(9)21)8-20-13-6-5-11(7-12(13)16)15(17,18)19/h2-8,21H,1H3. The normalized spacial score (nSPS) is 12.0. The van der Waals surface area contributed by atoms with Gasteiger partial charge in [-0.2, -0.15) is 13.2 Å². The molecule has 2 nitrogen and oxygen atoms in total. The van der Waals surface area contributed by atoms with Crippen LogP contribution in [0.2, 0.25) is 0 Å². The van der Waals surface area contributed by atoms with E-state index in [1.54, 1.807) is 25.1 Å². The van der Waals surface area contributed by atoms with Gasteiger partial charge in [0.15, 0.2) is 0 Å². The van der Waals surface area contributed by atoms with Crippen molar-refractivity contribution in [2.24, 2.45) is 4.99 Å². The summed E-state index contributed by atoms with van der Waals surface area (Å²) in [7, 11) is 0. The number of aliphatic imine (C=N–C) groups is 1. The summed E-state index contributed by atoms with van der Waals surface area (Å²) in [6.45, 7) is 1.69. The van der Waals surface area contributed by atoms with Crippen molar-refractivity contribution in [3.63, 3.8) is 0 Å². The van der Waals surface area contributed by atoms with Gasteiger partial charge in [-0.15, -0.1) is 0 Å². The van der Waals surface area contributed by atoms with Gasteiger partial charge in [0.2, 0.25) is 0 Å². The number of halogens is 4. The first kappa shape index (κ1) is 15.0. The Hall–Kier alpha value is -2.37. The number of phenols is 1. The summed E-state index contributed by atoms with van der Waals surface area (Å²) in [5.41, 5.74) is -0.331.